The molecule has 0 amide bonds. The maximum absolute atomic E-state index is 9.60. The first-order chi connectivity index (χ1) is 6.21. The number of hydrogen-bond donors (Lipinski definition) is 2. The molecule has 0 atom stereocenters. The van der Waals surface area contributed by atoms with Crippen molar-refractivity contribution < 1.29 is 10.2 Å². The zero-order chi connectivity index (χ0) is 11.0. The molecule has 2 N–H and O–H groups in total. The van der Waals surface area contributed by atoms with Crippen LogP contribution in [-0.4, -0.2) is 10.2 Å². The SMILES string of the molecule is OC(Br)(Br)c1cccc(C(O)(Br)Br)c1. The number of rotatable bonds is 2. The molecule has 0 aliphatic heterocycles. The molecule has 0 aromatic heterocycles. The number of hydrogen-bond acceptors (Lipinski definition) is 2. The standard InChI is InChI=1S/C8H6Br4O2/c9-7(10,13)5-2-1-3-6(4-5)8(11,12)14/h1-4,13-14H. The molecule has 6 heteroatoms. The van der Waals surface area contributed by atoms with Crippen LogP contribution in [0.3, 0.4) is 0 Å². The molecule has 0 radical (unpaired) electrons. The van der Waals surface area contributed by atoms with Crippen LogP contribution in [0.15, 0.2) is 24.3 Å². The Labute approximate surface area is 115 Å². The number of alkyl halides is 4. The van der Waals surface area contributed by atoms with Gasteiger partial charge in [-0.1, -0.05) is 18.2 Å². The van der Waals surface area contributed by atoms with Gasteiger partial charge in [-0.15, -0.1) is 0 Å². The minimum Gasteiger partial charge on any atom is -0.366 e. The van der Waals surface area contributed by atoms with E-state index < -0.39 is 6.84 Å². The van der Waals surface area contributed by atoms with Crippen molar-refractivity contribution in [1.29, 1.82) is 0 Å². The van der Waals surface area contributed by atoms with Crippen molar-refractivity contribution >= 4 is 63.7 Å². The second-order valence-electron chi connectivity index (χ2n) is 2.66. The lowest BCUT2D eigenvalue weighted by molar-refractivity contribution is 0.242. The molecule has 0 spiro atoms. The van der Waals surface area contributed by atoms with Gasteiger partial charge in [0.2, 0.25) is 6.84 Å². The fraction of sp³-hybridized carbons (Fsp3) is 0.250. The van der Waals surface area contributed by atoms with E-state index in [0.29, 0.717) is 11.1 Å². The summed E-state index contributed by atoms with van der Waals surface area (Å²) in [6, 6.07) is 6.82. The van der Waals surface area contributed by atoms with Gasteiger partial charge in [-0.05, 0) is 69.8 Å². The fourth-order valence-electron chi connectivity index (χ4n) is 0.893. The largest absolute Gasteiger partial charge is 0.366 e. The molecule has 0 saturated carbocycles. The van der Waals surface area contributed by atoms with E-state index in [1.165, 1.54) is 0 Å². The third kappa shape index (κ3) is 3.57. The van der Waals surface area contributed by atoms with Gasteiger partial charge in [-0.25, -0.2) is 0 Å². The molecule has 14 heavy (non-hydrogen) atoms. The van der Waals surface area contributed by atoms with E-state index in [1.807, 2.05) is 0 Å². The minimum atomic E-state index is -1.28. The molecule has 1 rings (SSSR count). The Morgan fingerprint density at radius 2 is 1.21 bits per heavy atom. The Kier molecular flexibility index (Phi) is 4.23. The van der Waals surface area contributed by atoms with Crippen molar-refractivity contribution in [3.8, 4) is 0 Å². The molecular formula is C8H6Br4O2. The van der Waals surface area contributed by atoms with Crippen molar-refractivity contribution in [2.75, 3.05) is 0 Å². The molecule has 0 aliphatic rings. The zero-order valence-corrected chi connectivity index (χ0v) is 13.1. The Balaban J connectivity index is 3.15. The second kappa shape index (κ2) is 4.51. The minimum absolute atomic E-state index is 0.590. The van der Waals surface area contributed by atoms with E-state index in [4.69, 9.17) is 0 Å². The summed E-state index contributed by atoms with van der Waals surface area (Å²) in [5.41, 5.74) is 1.18. The summed E-state index contributed by atoms with van der Waals surface area (Å²) in [4.78, 5) is 0. The van der Waals surface area contributed by atoms with Crippen LogP contribution in [0.5, 0.6) is 0 Å². The summed E-state index contributed by atoms with van der Waals surface area (Å²) in [5.74, 6) is 0. The second-order valence-corrected chi connectivity index (χ2v) is 9.38. The topological polar surface area (TPSA) is 40.5 Å². The van der Waals surface area contributed by atoms with Gasteiger partial charge in [-0.3, -0.25) is 0 Å². The van der Waals surface area contributed by atoms with Crippen LogP contribution in [-0.2, 0) is 6.84 Å². The maximum atomic E-state index is 9.60. The van der Waals surface area contributed by atoms with Gasteiger partial charge in [0.25, 0.3) is 0 Å². The van der Waals surface area contributed by atoms with Crippen molar-refractivity contribution in [3.63, 3.8) is 0 Å². The smallest absolute Gasteiger partial charge is 0.201 e. The highest BCUT2D eigenvalue weighted by molar-refractivity contribution is 9.25. The monoisotopic (exact) mass is 450 g/mol. The lowest BCUT2D eigenvalue weighted by atomic mass is 10.1. The molecule has 0 fully saturated rings. The van der Waals surface area contributed by atoms with Gasteiger partial charge in [0.1, 0.15) is 0 Å². The number of benzene rings is 1. The molecule has 1 aromatic carbocycles. The van der Waals surface area contributed by atoms with Crippen LogP contribution in [0.2, 0.25) is 0 Å². The molecule has 0 bridgehead atoms. The highest BCUT2D eigenvalue weighted by Gasteiger charge is 2.25. The molecule has 78 valence electrons. The van der Waals surface area contributed by atoms with Crippen molar-refractivity contribution in [2.45, 2.75) is 6.84 Å². The Morgan fingerprint density at radius 1 is 0.857 bits per heavy atom. The molecular weight excluding hydrogens is 448 g/mol. The summed E-state index contributed by atoms with van der Waals surface area (Å²) < 4.78 is -2.55. The van der Waals surface area contributed by atoms with Crippen LogP contribution < -0.4 is 0 Å². The van der Waals surface area contributed by atoms with Crippen LogP contribution in [0.1, 0.15) is 11.1 Å². The number of aliphatic hydroxyl groups is 2. The summed E-state index contributed by atoms with van der Waals surface area (Å²) in [5, 5.41) is 19.2. The van der Waals surface area contributed by atoms with E-state index in [2.05, 4.69) is 63.7 Å². The lowest BCUT2D eigenvalue weighted by Crippen LogP contribution is -2.11. The van der Waals surface area contributed by atoms with Crippen LogP contribution in [0.4, 0.5) is 0 Å². The van der Waals surface area contributed by atoms with Gasteiger partial charge >= 0.3 is 0 Å². The summed E-state index contributed by atoms with van der Waals surface area (Å²) in [6.45, 7) is 0. The summed E-state index contributed by atoms with van der Waals surface area (Å²) in [7, 11) is 0. The van der Waals surface area contributed by atoms with E-state index in [9.17, 15) is 10.2 Å². The van der Waals surface area contributed by atoms with Crippen LogP contribution in [0.25, 0.3) is 0 Å². The van der Waals surface area contributed by atoms with Crippen molar-refractivity contribution in [1.82, 2.24) is 0 Å². The van der Waals surface area contributed by atoms with Crippen molar-refractivity contribution in [2.24, 2.45) is 0 Å². The molecule has 0 aliphatic carbocycles. The fourth-order valence-corrected chi connectivity index (χ4v) is 1.88. The highest BCUT2D eigenvalue weighted by Crippen LogP contribution is 2.39. The van der Waals surface area contributed by atoms with Gasteiger partial charge in [0.05, 0.1) is 0 Å². The highest BCUT2D eigenvalue weighted by atomic mass is 79.9. The molecule has 0 unspecified atom stereocenters. The first-order valence-corrected chi connectivity index (χ1v) is 6.70. The predicted octanol–water partition coefficient (Wildman–Crippen LogP) is 3.47. The quantitative estimate of drug-likeness (QED) is 0.673. The van der Waals surface area contributed by atoms with Gasteiger partial charge < -0.3 is 10.2 Å². The summed E-state index contributed by atoms with van der Waals surface area (Å²) in [6.07, 6.45) is 0. The third-order valence-corrected chi connectivity index (χ3v) is 3.39. The Bertz CT molecular complexity index is 298. The number of halogens is 4. The first-order valence-electron chi connectivity index (χ1n) is 3.52. The molecule has 0 heterocycles. The van der Waals surface area contributed by atoms with Gasteiger partial charge in [0.15, 0.2) is 0 Å². The van der Waals surface area contributed by atoms with E-state index >= 15 is 0 Å². The van der Waals surface area contributed by atoms with Crippen LogP contribution in [0, 0.1) is 0 Å². The third-order valence-electron chi connectivity index (χ3n) is 1.56. The first kappa shape index (κ1) is 13.1. The molecule has 0 saturated heterocycles. The Morgan fingerprint density at radius 3 is 1.50 bits per heavy atom. The van der Waals surface area contributed by atoms with Gasteiger partial charge in [0, 0.05) is 11.1 Å². The molecule has 2 nitrogen and oxygen atoms in total. The average molecular weight is 454 g/mol. The van der Waals surface area contributed by atoms with E-state index in [1.54, 1.807) is 24.3 Å². The van der Waals surface area contributed by atoms with E-state index in [0.717, 1.165) is 0 Å². The maximum Gasteiger partial charge on any atom is 0.201 e. The lowest BCUT2D eigenvalue weighted by Gasteiger charge is -2.18. The average Bonchev–Trinajstić information content (AvgIpc) is 2.01. The molecule has 1 aromatic rings. The normalized spacial score (nSPS) is 13.0. The summed E-state index contributed by atoms with van der Waals surface area (Å²) >= 11 is 12.2. The van der Waals surface area contributed by atoms with Gasteiger partial charge in [-0.2, -0.15) is 0 Å². The van der Waals surface area contributed by atoms with E-state index in [-0.39, 0.29) is 0 Å². The van der Waals surface area contributed by atoms with Crippen molar-refractivity contribution in [3.05, 3.63) is 35.4 Å². The van der Waals surface area contributed by atoms with Crippen LogP contribution >= 0.6 is 63.7 Å². The zero-order valence-electron chi connectivity index (χ0n) is 6.72. The Hall–Kier alpha value is 1.06. The predicted molar refractivity (Wildman–Crippen MR) is 69.9 cm³/mol.